The van der Waals surface area contributed by atoms with Crippen molar-refractivity contribution in [3.8, 4) is 11.5 Å². The van der Waals surface area contributed by atoms with Gasteiger partial charge in [0.2, 0.25) is 5.91 Å². The first-order chi connectivity index (χ1) is 12.3. The molecule has 2 aromatic carbocycles. The third kappa shape index (κ3) is 3.58. The zero-order valence-corrected chi connectivity index (χ0v) is 16.0. The number of amides is 1. The Morgan fingerprint density at radius 1 is 1.12 bits per heavy atom. The lowest BCUT2D eigenvalue weighted by Crippen LogP contribution is -2.26. The third-order valence-electron chi connectivity index (χ3n) is 3.84. The van der Waals surface area contributed by atoms with Gasteiger partial charge in [-0.2, -0.15) is 0 Å². The first-order valence-electron chi connectivity index (χ1n) is 7.70. The van der Waals surface area contributed by atoms with Gasteiger partial charge in [0.25, 0.3) is 10.0 Å². The van der Waals surface area contributed by atoms with Crippen LogP contribution in [0.15, 0.2) is 46.2 Å². The van der Waals surface area contributed by atoms with Crippen LogP contribution in [0.5, 0.6) is 11.5 Å². The maximum atomic E-state index is 12.8. The highest BCUT2D eigenvalue weighted by Gasteiger charge is 2.25. The summed E-state index contributed by atoms with van der Waals surface area (Å²) >= 11 is 1.39. The fourth-order valence-corrected chi connectivity index (χ4v) is 4.47. The molecule has 0 aromatic heterocycles. The van der Waals surface area contributed by atoms with Crippen molar-refractivity contribution in [1.82, 2.24) is 0 Å². The van der Waals surface area contributed by atoms with Crippen LogP contribution in [0, 0.1) is 0 Å². The van der Waals surface area contributed by atoms with E-state index in [9.17, 15) is 13.2 Å². The number of ether oxygens (including phenoxy) is 2. The molecule has 0 aliphatic carbocycles. The number of nitrogens with one attached hydrogen (secondary N) is 2. The highest BCUT2D eigenvalue weighted by molar-refractivity contribution is 8.01. The zero-order valence-electron chi connectivity index (χ0n) is 14.4. The molecule has 9 heteroatoms. The largest absolute Gasteiger partial charge is 0.497 e. The summed E-state index contributed by atoms with van der Waals surface area (Å²) in [6.07, 6.45) is 0. The van der Waals surface area contributed by atoms with Crippen LogP contribution in [0.25, 0.3) is 0 Å². The second kappa shape index (κ2) is 7.08. The Morgan fingerprint density at radius 2 is 1.88 bits per heavy atom. The molecule has 3 rings (SSSR count). The molecular weight excluding hydrogens is 376 g/mol. The number of fused-ring (bicyclic) bond motifs is 1. The second-order valence-corrected chi connectivity index (χ2v) is 8.64. The molecule has 0 bridgehead atoms. The maximum absolute atomic E-state index is 12.8. The number of hydrogen-bond acceptors (Lipinski definition) is 6. The summed E-state index contributed by atoms with van der Waals surface area (Å²) in [6, 6.07) is 9.46. The predicted octanol–water partition coefficient (Wildman–Crippen LogP) is 2.94. The summed E-state index contributed by atoms with van der Waals surface area (Å²) in [4.78, 5) is 12.7. The Balaban J connectivity index is 1.95. The van der Waals surface area contributed by atoms with E-state index in [-0.39, 0.29) is 21.7 Å². The van der Waals surface area contributed by atoms with Gasteiger partial charge in [-0.05, 0) is 37.3 Å². The minimum absolute atomic E-state index is 0.0385. The van der Waals surface area contributed by atoms with Crippen molar-refractivity contribution in [1.29, 1.82) is 0 Å². The molecule has 0 saturated heterocycles. The number of methoxy groups -OCH3 is 2. The van der Waals surface area contributed by atoms with Crippen LogP contribution in [0.3, 0.4) is 0 Å². The molecule has 1 unspecified atom stereocenters. The topological polar surface area (TPSA) is 93.7 Å². The fourth-order valence-electron chi connectivity index (χ4n) is 2.45. The monoisotopic (exact) mass is 394 g/mol. The standard InChI is InChI=1S/C17H18N2O5S2/c1-10-17(20)18-14-9-12(5-7-16(14)25-10)26(21,22)19-13-8-11(23-2)4-6-15(13)24-3/h4-10,19H,1-3H3,(H,18,20). The SMILES string of the molecule is COc1ccc(OC)c(NS(=O)(=O)c2ccc3c(c2)NC(=O)C(C)S3)c1. The molecule has 2 aromatic rings. The van der Waals surface area contributed by atoms with E-state index >= 15 is 0 Å². The molecule has 2 N–H and O–H groups in total. The Kier molecular flexibility index (Phi) is 5.01. The van der Waals surface area contributed by atoms with E-state index in [1.54, 1.807) is 25.1 Å². The quantitative estimate of drug-likeness (QED) is 0.810. The van der Waals surface area contributed by atoms with E-state index in [0.717, 1.165) is 4.90 Å². The Morgan fingerprint density at radius 3 is 2.58 bits per heavy atom. The van der Waals surface area contributed by atoms with Crippen molar-refractivity contribution < 1.29 is 22.7 Å². The number of anilines is 2. The number of benzene rings is 2. The third-order valence-corrected chi connectivity index (χ3v) is 6.38. The summed E-state index contributed by atoms with van der Waals surface area (Å²) in [5, 5.41) is 2.51. The van der Waals surface area contributed by atoms with Crippen LogP contribution in [0.1, 0.15) is 6.92 Å². The average molecular weight is 394 g/mol. The molecule has 0 saturated carbocycles. The summed E-state index contributed by atoms with van der Waals surface area (Å²) in [7, 11) is -0.940. The lowest BCUT2D eigenvalue weighted by molar-refractivity contribution is -0.115. The first kappa shape index (κ1) is 18.4. The second-order valence-electron chi connectivity index (χ2n) is 5.58. The molecule has 1 heterocycles. The van der Waals surface area contributed by atoms with Gasteiger partial charge in [0.05, 0.1) is 35.7 Å². The van der Waals surface area contributed by atoms with Crippen molar-refractivity contribution in [2.24, 2.45) is 0 Å². The number of carbonyl (C=O) groups excluding carboxylic acids is 1. The zero-order chi connectivity index (χ0) is 18.9. The molecular formula is C17H18N2O5S2. The average Bonchev–Trinajstić information content (AvgIpc) is 2.61. The van der Waals surface area contributed by atoms with Crippen LogP contribution < -0.4 is 19.5 Å². The molecule has 0 radical (unpaired) electrons. The molecule has 7 nitrogen and oxygen atoms in total. The van der Waals surface area contributed by atoms with E-state index in [0.29, 0.717) is 17.2 Å². The van der Waals surface area contributed by atoms with E-state index < -0.39 is 10.0 Å². The summed E-state index contributed by atoms with van der Waals surface area (Å²) in [5.41, 5.74) is 0.746. The van der Waals surface area contributed by atoms with Gasteiger partial charge in [0.15, 0.2) is 0 Å². The van der Waals surface area contributed by atoms with Crippen molar-refractivity contribution in [2.75, 3.05) is 24.3 Å². The smallest absolute Gasteiger partial charge is 0.262 e. The highest BCUT2D eigenvalue weighted by Crippen LogP contribution is 2.37. The van der Waals surface area contributed by atoms with Gasteiger partial charge in [-0.3, -0.25) is 9.52 Å². The van der Waals surface area contributed by atoms with Crippen molar-refractivity contribution in [2.45, 2.75) is 22.0 Å². The molecule has 1 atom stereocenters. The lowest BCUT2D eigenvalue weighted by Gasteiger charge is -2.22. The van der Waals surface area contributed by atoms with E-state index in [1.165, 1.54) is 44.2 Å². The predicted molar refractivity (Wildman–Crippen MR) is 101 cm³/mol. The Labute approximate surface area is 156 Å². The summed E-state index contributed by atoms with van der Waals surface area (Å²) < 4.78 is 38.4. The van der Waals surface area contributed by atoms with Gasteiger partial charge in [0, 0.05) is 11.0 Å². The van der Waals surface area contributed by atoms with Crippen LogP contribution in [0.2, 0.25) is 0 Å². The number of sulfonamides is 1. The lowest BCUT2D eigenvalue weighted by atomic mass is 10.3. The van der Waals surface area contributed by atoms with E-state index in [2.05, 4.69) is 10.0 Å². The van der Waals surface area contributed by atoms with E-state index in [1.807, 2.05) is 0 Å². The molecule has 1 aliphatic rings. The van der Waals surface area contributed by atoms with E-state index in [4.69, 9.17) is 9.47 Å². The molecule has 138 valence electrons. The van der Waals surface area contributed by atoms with Gasteiger partial charge in [-0.15, -0.1) is 11.8 Å². The molecule has 1 aliphatic heterocycles. The van der Waals surface area contributed by atoms with Gasteiger partial charge in [-0.1, -0.05) is 0 Å². The van der Waals surface area contributed by atoms with Gasteiger partial charge in [0.1, 0.15) is 11.5 Å². The summed E-state index contributed by atoms with van der Waals surface area (Å²) in [5.74, 6) is 0.705. The molecule has 26 heavy (non-hydrogen) atoms. The highest BCUT2D eigenvalue weighted by atomic mass is 32.2. The first-order valence-corrected chi connectivity index (χ1v) is 10.1. The number of hydrogen-bond donors (Lipinski definition) is 2. The maximum Gasteiger partial charge on any atom is 0.262 e. The molecule has 1 amide bonds. The van der Waals surface area contributed by atoms with Gasteiger partial charge >= 0.3 is 0 Å². The van der Waals surface area contributed by atoms with Gasteiger partial charge < -0.3 is 14.8 Å². The van der Waals surface area contributed by atoms with Crippen LogP contribution in [-0.2, 0) is 14.8 Å². The number of rotatable bonds is 5. The normalized spacial score (nSPS) is 16.4. The molecule has 0 fully saturated rings. The minimum Gasteiger partial charge on any atom is -0.497 e. The van der Waals surface area contributed by atoms with Crippen LogP contribution in [0.4, 0.5) is 11.4 Å². The van der Waals surface area contributed by atoms with Crippen molar-refractivity contribution in [3.63, 3.8) is 0 Å². The molecule has 0 spiro atoms. The van der Waals surface area contributed by atoms with Crippen molar-refractivity contribution >= 4 is 39.1 Å². The Bertz CT molecular complexity index is 960. The van der Waals surface area contributed by atoms with Crippen LogP contribution in [-0.4, -0.2) is 33.8 Å². The minimum atomic E-state index is -3.88. The number of carbonyl (C=O) groups is 1. The van der Waals surface area contributed by atoms with Crippen LogP contribution >= 0.6 is 11.8 Å². The van der Waals surface area contributed by atoms with Gasteiger partial charge in [-0.25, -0.2) is 8.42 Å². The fraction of sp³-hybridized carbons (Fsp3) is 0.235. The van der Waals surface area contributed by atoms with Crippen molar-refractivity contribution in [3.05, 3.63) is 36.4 Å². The number of thioether (sulfide) groups is 1. The Hall–Kier alpha value is -2.39. The summed E-state index contributed by atoms with van der Waals surface area (Å²) in [6.45, 7) is 1.80.